The minimum absolute atomic E-state index is 0.107. The van der Waals surface area contributed by atoms with E-state index in [1.807, 2.05) is 31.2 Å². The Labute approximate surface area is 208 Å². The molecule has 1 atom stereocenters. The SMILES string of the molecule is CCCCCOc1ccc(/C(O)=C2/C(=O)C(=O)N(CCC)C2c2ccc(OCC(C)C)cc2)cc1. The van der Waals surface area contributed by atoms with E-state index < -0.39 is 17.7 Å². The highest BCUT2D eigenvalue weighted by Gasteiger charge is 2.45. The second-order valence-corrected chi connectivity index (χ2v) is 9.35. The first kappa shape index (κ1) is 26.3. The van der Waals surface area contributed by atoms with E-state index in [0.717, 1.165) is 30.6 Å². The number of carbonyl (C=O) groups excluding carboxylic acids is 2. The molecule has 1 saturated heterocycles. The number of unbranched alkanes of at least 4 members (excludes halogenated alkanes) is 2. The Bertz CT molecular complexity index is 1020. The number of benzene rings is 2. The minimum atomic E-state index is -0.666. The van der Waals surface area contributed by atoms with Gasteiger partial charge in [0.05, 0.1) is 24.8 Å². The maximum Gasteiger partial charge on any atom is 0.295 e. The fourth-order valence-electron chi connectivity index (χ4n) is 4.11. The quantitative estimate of drug-likeness (QED) is 0.172. The first-order valence-corrected chi connectivity index (χ1v) is 12.6. The van der Waals surface area contributed by atoms with Crippen LogP contribution in [0.3, 0.4) is 0 Å². The van der Waals surface area contributed by atoms with Gasteiger partial charge in [0, 0.05) is 12.1 Å². The molecule has 1 aliphatic rings. The lowest BCUT2D eigenvalue weighted by Gasteiger charge is -2.25. The molecule has 0 aromatic heterocycles. The van der Waals surface area contributed by atoms with Gasteiger partial charge in [-0.25, -0.2) is 0 Å². The van der Waals surface area contributed by atoms with Crippen molar-refractivity contribution in [2.45, 2.75) is 59.4 Å². The largest absolute Gasteiger partial charge is 0.507 e. The summed E-state index contributed by atoms with van der Waals surface area (Å²) in [5, 5.41) is 11.2. The summed E-state index contributed by atoms with van der Waals surface area (Å²) in [5.74, 6) is 0.404. The molecule has 6 nitrogen and oxygen atoms in total. The van der Waals surface area contributed by atoms with E-state index in [1.165, 1.54) is 0 Å². The fourth-order valence-corrected chi connectivity index (χ4v) is 4.11. The third-order valence-electron chi connectivity index (χ3n) is 5.93. The van der Waals surface area contributed by atoms with E-state index in [-0.39, 0.29) is 11.3 Å². The van der Waals surface area contributed by atoms with Crippen molar-refractivity contribution in [2.75, 3.05) is 19.8 Å². The normalized spacial score (nSPS) is 17.3. The lowest BCUT2D eigenvalue weighted by atomic mass is 9.95. The zero-order chi connectivity index (χ0) is 25.4. The summed E-state index contributed by atoms with van der Waals surface area (Å²) >= 11 is 0. The summed E-state index contributed by atoms with van der Waals surface area (Å²) in [6, 6.07) is 13.7. The monoisotopic (exact) mass is 479 g/mol. The van der Waals surface area contributed by atoms with Gasteiger partial charge < -0.3 is 19.5 Å². The van der Waals surface area contributed by atoms with E-state index >= 15 is 0 Å². The molecule has 0 saturated carbocycles. The van der Waals surface area contributed by atoms with Crippen molar-refractivity contribution in [1.29, 1.82) is 0 Å². The van der Waals surface area contributed by atoms with Crippen LogP contribution in [0.4, 0.5) is 0 Å². The molecule has 188 valence electrons. The third-order valence-corrected chi connectivity index (χ3v) is 5.93. The van der Waals surface area contributed by atoms with Gasteiger partial charge in [0.2, 0.25) is 0 Å². The standard InChI is InChI=1S/C29H37NO5/c1-5-7-8-18-34-23-15-11-22(12-16-23)27(31)25-26(30(17-6-2)29(33)28(25)32)21-9-13-24(14-10-21)35-19-20(3)4/h9-16,20,26,31H,5-8,17-19H2,1-4H3/b27-25-. The number of aliphatic hydroxyl groups is 1. The first-order valence-electron chi connectivity index (χ1n) is 12.6. The lowest BCUT2D eigenvalue weighted by molar-refractivity contribution is -0.139. The molecule has 2 aromatic carbocycles. The first-order chi connectivity index (χ1) is 16.9. The highest BCUT2D eigenvalue weighted by molar-refractivity contribution is 6.46. The fraction of sp³-hybridized carbons (Fsp3) is 0.448. The van der Waals surface area contributed by atoms with Crippen molar-refractivity contribution in [2.24, 2.45) is 5.92 Å². The van der Waals surface area contributed by atoms with Crippen LogP contribution in [0.5, 0.6) is 11.5 Å². The summed E-state index contributed by atoms with van der Waals surface area (Å²) in [6.07, 6.45) is 3.92. The highest BCUT2D eigenvalue weighted by Crippen LogP contribution is 2.40. The lowest BCUT2D eigenvalue weighted by Crippen LogP contribution is -2.30. The molecule has 1 fully saturated rings. The number of amides is 1. The van der Waals surface area contributed by atoms with E-state index in [1.54, 1.807) is 29.2 Å². The molecule has 2 aromatic rings. The zero-order valence-electron chi connectivity index (χ0n) is 21.3. The van der Waals surface area contributed by atoms with Crippen LogP contribution in [-0.4, -0.2) is 41.5 Å². The van der Waals surface area contributed by atoms with Crippen molar-refractivity contribution < 1.29 is 24.2 Å². The Hall–Kier alpha value is -3.28. The van der Waals surface area contributed by atoms with Gasteiger partial charge in [-0.1, -0.05) is 52.7 Å². The predicted molar refractivity (Wildman–Crippen MR) is 138 cm³/mol. The molecule has 1 amide bonds. The number of hydrogen-bond donors (Lipinski definition) is 1. The highest BCUT2D eigenvalue weighted by atomic mass is 16.5. The number of Topliss-reactive ketones (excluding diaryl/α,β-unsaturated/α-hetero) is 1. The van der Waals surface area contributed by atoms with Gasteiger partial charge in [-0.3, -0.25) is 9.59 Å². The van der Waals surface area contributed by atoms with Gasteiger partial charge in [-0.05, 0) is 60.7 Å². The molecule has 0 spiro atoms. The van der Waals surface area contributed by atoms with E-state index in [0.29, 0.717) is 43.4 Å². The Kier molecular flexibility index (Phi) is 9.35. The van der Waals surface area contributed by atoms with Crippen LogP contribution in [-0.2, 0) is 9.59 Å². The Morgan fingerprint density at radius 2 is 1.54 bits per heavy atom. The predicted octanol–water partition coefficient (Wildman–Crippen LogP) is 6.12. The number of rotatable bonds is 12. The number of nitrogens with zero attached hydrogens (tertiary/aromatic N) is 1. The number of hydrogen-bond acceptors (Lipinski definition) is 5. The number of carbonyl (C=O) groups is 2. The van der Waals surface area contributed by atoms with Crippen molar-refractivity contribution in [1.82, 2.24) is 4.90 Å². The molecule has 0 aliphatic carbocycles. The topological polar surface area (TPSA) is 76.1 Å². The van der Waals surface area contributed by atoms with Crippen molar-refractivity contribution >= 4 is 17.4 Å². The third kappa shape index (κ3) is 6.44. The molecule has 1 aliphatic heterocycles. The molecule has 3 rings (SSSR count). The molecule has 6 heteroatoms. The van der Waals surface area contributed by atoms with Crippen LogP contribution in [0.25, 0.3) is 5.76 Å². The summed E-state index contributed by atoms with van der Waals surface area (Å²) in [5.41, 5.74) is 1.34. The second-order valence-electron chi connectivity index (χ2n) is 9.35. The van der Waals surface area contributed by atoms with Crippen LogP contribution < -0.4 is 9.47 Å². The van der Waals surface area contributed by atoms with Gasteiger partial charge in [-0.2, -0.15) is 0 Å². The van der Waals surface area contributed by atoms with E-state index in [4.69, 9.17) is 9.47 Å². The summed E-state index contributed by atoms with van der Waals surface area (Å²) < 4.78 is 11.5. The average molecular weight is 480 g/mol. The molecular weight excluding hydrogens is 442 g/mol. The van der Waals surface area contributed by atoms with Gasteiger partial charge >= 0.3 is 0 Å². The smallest absolute Gasteiger partial charge is 0.295 e. The van der Waals surface area contributed by atoms with Gasteiger partial charge in [-0.15, -0.1) is 0 Å². The van der Waals surface area contributed by atoms with Crippen LogP contribution in [0.1, 0.15) is 70.5 Å². The number of ether oxygens (including phenoxy) is 2. The molecule has 1 unspecified atom stereocenters. The summed E-state index contributed by atoms with van der Waals surface area (Å²) in [6.45, 7) is 9.92. The van der Waals surface area contributed by atoms with Crippen molar-refractivity contribution in [3.8, 4) is 11.5 Å². The summed E-state index contributed by atoms with van der Waals surface area (Å²) in [7, 11) is 0. The maximum absolute atomic E-state index is 13.0. The summed E-state index contributed by atoms with van der Waals surface area (Å²) in [4.78, 5) is 27.5. The van der Waals surface area contributed by atoms with Crippen LogP contribution in [0.2, 0.25) is 0 Å². The van der Waals surface area contributed by atoms with Crippen molar-refractivity contribution in [3.63, 3.8) is 0 Å². The zero-order valence-corrected chi connectivity index (χ0v) is 21.3. The maximum atomic E-state index is 13.0. The average Bonchev–Trinajstić information content (AvgIpc) is 3.11. The van der Waals surface area contributed by atoms with Crippen LogP contribution in [0, 0.1) is 5.92 Å². The number of aliphatic hydroxyl groups excluding tert-OH is 1. The van der Waals surface area contributed by atoms with Gasteiger partial charge in [0.25, 0.3) is 11.7 Å². The van der Waals surface area contributed by atoms with E-state index in [9.17, 15) is 14.7 Å². The Morgan fingerprint density at radius 3 is 2.14 bits per heavy atom. The molecule has 0 bridgehead atoms. The van der Waals surface area contributed by atoms with Crippen molar-refractivity contribution in [3.05, 3.63) is 65.2 Å². The van der Waals surface area contributed by atoms with E-state index in [2.05, 4.69) is 20.8 Å². The molecule has 0 radical (unpaired) electrons. The van der Waals surface area contributed by atoms with Crippen LogP contribution in [0.15, 0.2) is 54.1 Å². The molecule has 1 N–H and O–H groups in total. The van der Waals surface area contributed by atoms with Gasteiger partial charge in [0.1, 0.15) is 17.3 Å². The number of ketones is 1. The second kappa shape index (κ2) is 12.4. The van der Waals surface area contributed by atoms with Crippen LogP contribution >= 0.6 is 0 Å². The Balaban J connectivity index is 1.91. The number of likely N-dealkylation sites (tertiary alicyclic amines) is 1. The van der Waals surface area contributed by atoms with Gasteiger partial charge in [0.15, 0.2) is 0 Å². The molecule has 1 heterocycles. The minimum Gasteiger partial charge on any atom is -0.507 e. The molecular formula is C29H37NO5. The Morgan fingerprint density at radius 1 is 0.914 bits per heavy atom. The molecule has 35 heavy (non-hydrogen) atoms.